The van der Waals surface area contributed by atoms with Gasteiger partial charge in [-0.2, -0.15) is 0 Å². The molecular formula is C28H28N2O8. The molecule has 0 aromatic heterocycles. The van der Waals surface area contributed by atoms with Gasteiger partial charge in [0.2, 0.25) is 11.7 Å². The number of rotatable bonds is 11. The molecule has 38 heavy (non-hydrogen) atoms. The maximum absolute atomic E-state index is 12.8. The van der Waals surface area contributed by atoms with Crippen molar-refractivity contribution >= 4 is 35.5 Å². The van der Waals surface area contributed by atoms with Gasteiger partial charge in [-0.05, 0) is 47.5 Å². The van der Waals surface area contributed by atoms with Crippen LogP contribution >= 0.6 is 0 Å². The van der Waals surface area contributed by atoms with E-state index in [1.54, 1.807) is 32.4 Å². The van der Waals surface area contributed by atoms with Crippen LogP contribution in [0.5, 0.6) is 28.7 Å². The highest BCUT2D eigenvalue weighted by molar-refractivity contribution is 6.04. The number of hydrogen-bond acceptors (Lipinski definition) is 8. The second-order valence-corrected chi connectivity index (χ2v) is 7.73. The summed E-state index contributed by atoms with van der Waals surface area (Å²) in [6.07, 6.45) is 6.51. The van der Waals surface area contributed by atoms with E-state index in [1.165, 1.54) is 51.7 Å². The maximum atomic E-state index is 12.8. The zero-order chi connectivity index (χ0) is 27.7. The number of nitrogens with zero attached hydrogens (tertiary/aromatic N) is 1. The number of nitrogens with one attached hydrogen (secondary N) is 1. The number of hydrogen-bond donors (Lipinski definition) is 1. The molecule has 0 unspecified atom stereocenters. The molecule has 3 rings (SSSR count). The van der Waals surface area contributed by atoms with Crippen LogP contribution in [0.15, 0.2) is 54.6 Å². The van der Waals surface area contributed by atoms with Crippen LogP contribution in [0.25, 0.3) is 18.2 Å². The van der Waals surface area contributed by atoms with Gasteiger partial charge in [-0.15, -0.1) is 0 Å². The van der Waals surface area contributed by atoms with Gasteiger partial charge in [-0.1, -0.05) is 24.3 Å². The average molecular weight is 521 g/mol. The molecule has 0 radical (unpaired) electrons. The van der Waals surface area contributed by atoms with Crippen molar-refractivity contribution in [3.05, 3.63) is 81.4 Å². The lowest BCUT2D eigenvalue weighted by Gasteiger charge is -2.13. The third-order valence-corrected chi connectivity index (χ3v) is 5.50. The van der Waals surface area contributed by atoms with E-state index in [4.69, 9.17) is 23.7 Å². The molecule has 3 aromatic carbocycles. The third-order valence-electron chi connectivity index (χ3n) is 5.50. The van der Waals surface area contributed by atoms with Crippen LogP contribution in [0.4, 0.5) is 11.4 Å². The Hall–Kier alpha value is -4.99. The van der Waals surface area contributed by atoms with Gasteiger partial charge in [0.15, 0.2) is 17.2 Å². The topological polar surface area (TPSA) is 118 Å². The third kappa shape index (κ3) is 6.41. The van der Waals surface area contributed by atoms with E-state index in [9.17, 15) is 14.9 Å². The van der Waals surface area contributed by atoms with Crippen LogP contribution in [-0.4, -0.2) is 46.4 Å². The number of anilines is 1. The molecule has 1 N–H and O–H groups in total. The lowest BCUT2D eigenvalue weighted by atomic mass is 10.1. The summed E-state index contributed by atoms with van der Waals surface area (Å²) in [6, 6.07) is 13.3. The zero-order valence-electron chi connectivity index (χ0n) is 21.6. The van der Waals surface area contributed by atoms with Crippen LogP contribution in [0.2, 0.25) is 0 Å². The van der Waals surface area contributed by atoms with Crippen LogP contribution < -0.4 is 29.0 Å². The standard InChI is InChI=1S/C28H28N2O8/c1-34-22-8-6-7-20(12-9-19-16-24(36-3)28(38-5)25(17-19)37-4)27(22)29-26(31)14-11-18-10-13-21(30(32)33)23(15-18)35-2/h6-17H,1-5H3,(H,29,31)/b12-9?,14-11+. The van der Waals surface area contributed by atoms with Crippen LogP contribution in [0.3, 0.4) is 0 Å². The van der Waals surface area contributed by atoms with E-state index in [2.05, 4.69) is 5.32 Å². The monoisotopic (exact) mass is 520 g/mol. The lowest BCUT2D eigenvalue weighted by Crippen LogP contribution is -2.10. The van der Waals surface area contributed by atoms with Crippen molar-refractivity contribution < 1.29 is 33.4 Å². The molecule has 0 aliphatic carbocycles. The Morgan fingerprint density at radius 2 is 1.39 bits per heavy atom. The number of ether oxygens (including phenoxy) is 5. The maximum Gasteiger partial charge on any atom is 0.310 e. The molecule has 0 saturated heterocycles. The highest BCUT2D eigenvalue weighted by Gasteiger charge is 2.15. The molecule has 0 heterocycles. The first-order chi connectivity index (χ1) is 18.3. The largest absolute Gasteiger partial charge is 0.495 e. The molecule has 0 atom stereocenters. The Bertz CT molecular complexity index is 1360. The molecular weight excluding hydrogens is 492 g/mol. The van der Waals surface area contributed by atoms with Crippen molar-refractivity contribution in [2.75, 3.05) is 40.9 Å². The minimum Gasteiger partial charge on any atom is -0.495 e. The first kappa shape index (κ1) is 27.6. The van der Waals surface area contributed by atoms with Crippen molar-refractivity contribution in [3.8, 4) is 28.7 Å². The normalized spacial score (nSPS) is 10.9. The molecule has 198 valence electrons. The fourth-order valence-corrected chi connectivity index (χ4v) is 3.66. The summed E-state index contributed by atoms with van der Waals surface area (Å²) in [5.41, 5.74) is 2.34. The van der Waals surface area contributed by atoms with E-state index in [1.807, 2.05) is 24.3 Å². The second kappa shape index (κ2) is 12.8. The van der Waals surface area contributed by atoms with Crippen LogP contribution in [0.1, 0.15) is 16.7 Å². The number of methoxy groups -OCH3 is 5. The van der Waals surface area contributed by atoms with Crippen molar-refractivity contribution in [1.29, 1.82) is 0 Å². The molecule has 10 nitrogen and oxygen atoms in total. The van der Waals surface area contributed by atoms with Crippen LogP contribution in [-0.2, 0) is 4.79 Å². The summed E-state index contributed by atoms with van der Waals surface area (Å²) in [6.45, 7) is 0. The number of benzene rings is 3. The fraction of sp³-hybridized carbons (Fsp3) is 0.179. The summed E-state index contributed by atoms with van der Waals surface area (Å²) in [4.78, 5) is 23.3. The predicted molar refractivity (Wildman–Crippen MR) is 145 cm³/mol. The number of amides is 1. The average Bonchev–Trinajstić information content (AvgIpc) is 2.94. The molecule has 1 amide bonds. The summed E-state index contributed by atoms with van der Waals surface area (Å²) < 4.78 is 26.7. The molecule has 0 fully saturated rings. The lowest BCUT2D eigenvalue weighted by molar-refractivity contribution is -0.385. The Kier molecular flexibility index (Phi) is 9.31. The van der Waals surface area contributed by atoms with E-state index >= 15 is 0 Å². The number of para-hydroxylation sites is 1. The quantitative estimate of drug-likeness (QED) is 0.153. The Morgan fingerprint density at radius 1 is 0.763 bits per heavy atom. The molecule has 0 aliphatic rings. The first-order valence-corrected chi connectivity index (χ1v) is 11.3. The summed E-state index contributed by atoms with van der Waals surface area (Å²) in [5.74, 6) is 1.66. The van der Waals surface area contributed by atoms with Crippen molar-refractivity contribution in [2.45, 2.75) is 0 Å². The van der Waals surface area contributed by atoms with Crippen molar-refractivity contribution in [3.63, 3.8) is 0 Å². The number of carbonyl (C=O) groups is 1. The van der Waals surface area contributed by atoms with E-state index in [0.717, 1.165) is 5.56 Å². The molecule has 10 heteroatoms. The molecule has 0 saturated carbocycles. The highest BCUT2D eigenvalue weighted by atomic mass is 16.6. The number of nitro groups is 1. The molecule has 0 bridgehead atoms. The summed E-state index contributed by atoms with van der Waals surface area (Å²) in [5, 5.41) is 13.9. The smallest absolute Gasteiger partial charge is 0.310 e. The van der Waals surface area contributed by atoms with E-state index < -0.39 is 10.8 Å². The van der Waals surface area contributed by atoms with Crippen molar-refractivity contribution in [2.24, 2.45) is 0 Å². The Morgan fingerprint density at radius 3 is 1.97 bits per heavy atom. The zero-order valence-corrected chi connectivity index (χ0v) is 21.6. The minimum absolute atomic E-state index is 0.0986. The van der Waals surface area contributed by atoms with E-state index in [-0.39, 0.29) is 11.4 Å². The summed E-state index contributed by atoms with van der Waals surface area (Å²) >= 11 is 0. The SMILES string of the molecule is COc1cc(/C=C/C(=O)Nc2c(C=Cc3cc(OC)c(OC)c(OC)c3)cccc2OC)ccc1[N+](=O)[O-]. The van der Waals surface area contributed by atoms with Crippen LogP contribution in [0, 0.1) is 10.1 Å². The van der Waals surface area contributed by atoms with Crippen molar-refractivity contribution in [1.82, 2.24) is 0 Å². The second-order valence-electron chi connectivity index (χ2n) is 7.73. The van der Waals surface area contributed by atoms with Gasteiger partial charge in [0, 0.05) is 17.7 Å². The summed E-state index contributed by atoms with van der Waals surface area (Å²) in [7, 11) is 7.48. The van der Waals surface area contributed by atoms with Gasteiger partial charge in [0.05, 0.1) is 46.2 Å². The minimum atomic E-state index is -0.534. The fourth-order valence-electron chi connectivity index (χ4n) is 3.66. The Labute approximate surface area is 220 Å². The predicted octanol–water partition coefficient (Wildman–Crippen LogP) is 5.46. The van der Waals surface area contributed by atoms with Gasteiger partial charge in [0.1, 0.15) is 5.75 Å². The van der Waals surface area contributed by atoms with Gasteiger partial charge in [0.25, 0.3) is 0 Å². The molecule has 3 aromatic rings. The Balaban J connectivity index is 1.88. The highest BCUT2D eigenvalue weighted by Crippen LogP contribution is 2.39. The van der Waals surface area contributed by atoms with Gasteiger partial charge in [-0.25, -0.2) is 0 Å². The number of nitro benzene ring substituents is 1. The van der Waals surface area contributed by atoms with E-state index in [0.29, 0.717) is 39.8 Å². The molecule has 0 spiro atoms. The first-order valence-electron chi connectivity index (χ1n) is 11.3. The number of carbonyl (C=O) groups excluding carboxylic acids is 1. The van der Waals surface area contributed by atoms with Gasteiger partial charge in [-0.3, -0.25) is 14.9 Å². The van der Waals surface area contributed by atoms with Gasteiger partial charge >= 0.3 is 5.69 Å². The molecule has 0 aliphatic heterocycles. The van der Waals surface area contributed by atoms with Gasteiger partial charge < -0.3 is 29.0 Å².